The van der Waals surface area contributed by atoms with E-state index in [1.165, 1.54) is 0 Å². The smallest absolute Gasteiger partial charge is 0.194 e. The molecule has 34 heavy (non-hydrogen) atoms. The van der Waals surface area contributed by atoms with Gasteiger partial charge < -0.3 is 14.2 Å². The molecule has 4 nitrogen and oxygen atoms in total. The van der Waals surface area contributed by atoms with Crippen molar-refractivity contribution in [1.29, 1.82) is 5.26 Å². The first-order valence-corrected chi connectivity index (χ1v) is 11.0. The summed E-state index contributed by atoms with van der Waals surface area (Å²) in [6.07, 6.45) is -2.20. The lowest BCUT2D eigenvalue weighted by atomic mass is 10.1. The van der Waals surface area contributed by atoms with E-state index in [9.17, 15) is 26.3 Å². The molecule has 1 atom stereocenters. The van der Waals surface area contributed by atoms with Crippen LogP contribution in [-0.2, 0) is 14.2 Å². The van der Waals surface area contributed by atoms with Gasteiger partial charge in [-0.1, -0.05) is 0 Å². The van der Waals surface area contributed by atoms with Crippen molar-refractivity contribution in [2.45, 2.75) is 12.4 Å². The van der Waals surface area contributed by atoms with Crippen molar-refractivity contribution in [2.75, 3.05) is 37.5 Å². The van der Waals surface area contributed by atoms with Gasteiger partial charge >= 0.3 is 0 Å². The van der Waals surface area contributed by atoms with Crippen molar-refractivity contribution in [3.8, 4) is 6.07 Å². The molecule has 0 amide bonds. The van der Waals surface area contributed by atoms with Crippen LogP contribution in [0.15, 0.2) is 24.3 Å². The Morgan fingerprint density at radius 3 is 1.35 bits per heavy atom. The first-order valence-electron chi connectivity index (χ1n) is 9.41. The van der Waals surface area contributed by atoms with Crippen LogP contribution in [0.25, 0.3) is 0 Å². The lowest BCUT2D eigenvalue weighted by Gasteiger charge is -2.18. The molecule has 188 valence electrons. The molecule has 2 rings (SSSR count). The van der Waals surface area contributed by atoms with Gasteiger partial charge in [-0.2, -0.15) is 5.26 Å². The van der Waals surface area contributed by atoms with Crippen molar-refractivity contribution >= 4 is 34.8 Å². The maximum Gasteiger partial charge on any atom is 0.194 e. The Morgan fingerprint density at radius 1 is 0.647 bits per heavy atom. The van der Waals surface area contributed by atoms with Gasteiger partial charge in [0.05, 0.1) is 25.9 Å². The average Bonchev–Trinajstić information content (AvgIpc) is 2.81. The van der Waals surface area contributed by atoms with Gasteiger partial charge in [0.2, 0.25) is 0 Å². The molecule has 0 fully saturated rings. The molecule has 0 N–H and O–H groups in total. The number of nitriles is 1. The Labute approximate surface area is 206 Å². The topological polar surface area (TPSA) is 51.5 Å². The quantitative estimate of drug-likeness (QED) is 0.138. The highest BCUT2D eigenvalue weighted by Gasteiger charge is 2.19. The largest absolute Gasteiger partial charge is 0.357 e. The highest BCUT2D eigenvalue weighted by molar-refractivity contribution is 6.18. The van der Waals surface area contributed by atoms with Crippen LogP contribution in [0.2, 0.25) is 0 Å². The van der Waals surface area contributed by atoms with Crippen LogP contribution >= 0.6 is 34.8 Å². The second kappa shape index (κ2) is 16.0. The van der Waals surface area contributed by atoms with E-state index >= 15 is 0 Å². The Balaban J connectivity index is 0.000000342. The van der Waals surface area contributed by atoms with Crippen molar-refractivity contribution in [2.24, 2.45) is 0 Å². The van der Waals surface area contributed by atoms with E-state index < -0.39 is 47.3 Å². The van der Waals surface area contributed by atoms with Gasteiger partial charge in [0.1, 0.15) is 0 Å². The van der Waals surface area contributed by atoms with Gasteiger partial charge in [-0.15, -0.1) is 34.8 Å². The normalized spacial score (nSPS) is 11.7. The molecule has 0 saturated heterocycles. The molecule has 0 aromatic heterocycles. The first kappa shape index (κ1) is 30.3. The highest BCUT2D eigenvalue weighted by atomic mass is 35.5. The molecule has 0 saturated carbocycles. The fourth-order valence-electron chi connectivity index (χ4n) is 2.35. The predicted octanol–water partition coefficient (Wildman–Crippen LogP) is 6.54. The lowest BCUT2D eigenvalue weighted by Crippen LogP contribution is -2.13. The number of alkyl halides is 3. The van der Waals surface area contributed by atoms with Gasteiger partial charge in [-0.3, -0.25) is 0 Å². The second-order valence-corrected chi connectivity index (χ2v) is 7.25. The van der Waals surface area contributed by atoms with Crippen LogP contribution < -0.4 is 0 Å². The Bertz CT molecular complexity index is 910. The summed E-state index contributed by atoms with van der Waals surface area (Å²) in [5.41, 5.74) is -0.0503. The fourth-order valence-corrected chi connectivity index (χ4v) is 2.62. The summed E-state index contributed by atoms with van der Waals surface area (Å²) in [6, 6.07) is 4.76. The van der Waals surface area contributed by atoms with Crippen molar-refractivity contribution in [3.05, 3.63) is 70.3 Å². The first-order chi connectivity index (χ1) is 16.2. The number of hydrogen-bond acceptors (Lipinski definition) is 4. The van der Waals surface area contributed by atoms with E-state index in [0.717, 1.165) is 24.3 Å². The summed E-state index contributed by atoms with van der Waals surface area (Å²) in [4.78, 5) is 0. The number of hydrogen-bond donors (Lipinski definition) is 0. The molecule has 2 aromatic rings. The minimum absolute atomic E-state index is 0.0293. The van der Waals surface area contributed by atoms with Gasteiger partial charge in [0.15, 0.2) is 47.3 Å². The fraction of sp³-hybridized carbons (Fsp3) is 0.381. The van der Waals surface area contributed by atoms with Crippen LogP contribution in [0.5, 0.6) is 0 Å². The molecule has 0 bridgehead atoms. The van der Waals surface area contributed by atoms with Crippen LogP contribution in [0.3, 0.4) is 0 Å². The SMILES string of the molecule is Fc1cc(C(OCCCl)OCCCl)cc(F)c1F.N#CC(OCCCl)c1cc(F)c(F)c(F)c1. The van der Waals surface area contributed by atoms with Crippen LogP contribution in [0.4, 0.5) is 26.3 Å². The molecular weight excluding hydrogens is 535 g/mol. The number of nitrogens with zero attached hydrogens (tertiary/aromatic N) is 1. The summed E-state index contributed by atoms with van der Waals surface area (Å²) < 4.78 is 92.5. The zero-order chi connectivity index (χ0) is 25.7. The molecule has 1 unspecified atom stereocenters. The molecule has 0 aliphatic rings. The van der Waals surface area contributed by atoms with Crippen LogP contribution in [0.1, 0.15) is 23.5 Å². The van der Waals surface area contributed by atoms with E-state index in [2.05, 4.69) is 0 Å². The average molecular weight is 553 g/mol. The molecule has 0 radical (unpaired) electrons. The highest BCUT2D eigenvalue weighted by Crippen LogP contribution is 2.24. The van der Waals surface area contributed by atoms with Crippen LogP contribution in [0, 0.1) is 46.2 Å². The predicted molar refractivity (Wildman–Crippen MR) is 114 cm³/mol. The number of halogens is 9. The van der Waals surface area contributed by atoms with E-state index in [1.807, 2.05) is 0 Å². The molecular formula is C21H18Cl3F6NO3. The van der Waals surface area contributed by atoms with Crippen LogP contribution in [-0.4, -0.2) is 37.5 Å². The Morgan fingerprint density at radius 2 is 1.00 bits per heavy atom. The maximum atomic E-state index is 13.1. The lowest BCUT2D eigenvalue weighted by molar-refractivity contribution is -0.139. The minimum atomic E-state index is -1.57. The van der Waals surface area contributed by atoms with Gasteiger partial charge in [0.25, 0.3) is 0 Å². The summed E-state index contributed by atoms with van der Waals surface area (Å²) in [7, 11) is 0. The van der Waals surface area contributed by atoms with E-state index in [4.69, 9.17) is 54.3 Å². The van der Waals surface area contributed by atoms with E-state index in [1.54, 1.807) is 6.07 Å². The molecule has 0 heterocycles. The molecule has 0 spiro atoms. The summed E-state index contributed by atoms with van der Waals surface area (Å²) in [5.74, 6) is -7.92. The zero-order valence-corrected chi connectivity index (χ0v) is 19.5. The number of benzene rings is 2. The zero-order valence-electron chi connectivity index (χ0n) is 17.3. The monoisotopic (exact) mass is 551 g/mol. The van der Waals surface area contributed by atoms with Crippen molar-refractivity contribution < 1.29 is 40.6 Å². The van der Waals surface area contributed by atoms with Gasteiger partial charge in [-0.25, -0.2) is 26.3 Å². The molecule has 13 heteroatoms. The second-order valence-electron chi connectivity index (χ2n) is 6.12. The van der Waals surface area contributed by atoms with E-state index in [0.29, 0.717) is 0 Å². The third-order valence-corrected chi connectivity index (χ3v) is 4.22. The standard InChI is InChI=1S/C11H11Cl2F3O2.C10H7ClF3NO/c12-1-3-17-11(18-4-2-13)7-5-8(14)10(16)9(15)6-7;11-1-2-16-9(5-15)6-3-7(12)10(14)8(13)4-6/h5-6,11H,1-4H2;3-4,9H,1-2H2. The minimum Gasteiger partial charge on any atom is -0.357 e. The Hall–Kier alpha value is -1.74. The van der Waals surface area contributed by atoms with Gasteiger partial charge in [0, 0.05) is 28.8 Å². The molecule has 0 aliphatic heterocycles. The van der Waals surface area contributed by atoms with Gasteiger partial charge in [-0.05, 0) is 24.3 Å². The molecule has 0 aliphatic carbocycles. The van der Waals surface area contributed by atoms with E-state index in [-0.39, 0.29) is 48.6 Å². The maximum absolute atomic E-state index is 13.1. The summed E-state index contributed by atoms with van der Waals surface area (Å²) in [5, 5.41) is 8.70. The number of rotatable bonds is 11. The Kier molecular flexibility index (Phi) is 14.3. The van der Waals surface area contributed by atoms with Crippen molar-refractivity contribution in [1.82, 2.24) is 0 Å². The summed E-state index contributed by atoms with van der Waals surface area (Å²) >= 11 is 16.2. The third-order valence-electron chi connectivity index (χ3n) is 3.76. The summed E-state index contributed by atoms with van der Waals surface area (Å²) in [6.45, 7) is 0.296. The third kappa shape index (κ3) is 9.49. The van der Waals surface area contributed by atoms with Crippen molar-refractivity contribution in [3.63, 3.8) is 0 Å². The molecule has 2 aromatic carbocycles. The number of ether oxygens (including phenoxy) is 3.